The third kappa shape index (κ3) is 48.0. The summed E-state index contributed by atoms with van der Waals surface area (Å²) in [7, 11) is 5.90. The van der Waals surface area contributed by atoms with Gasteiger partial charge in [-0.15, -0.1) is 0 Å². The Morgan fingerprint density at radius 3 is 1.23 bits per heavy atom. The number of carbonyl (C=O) groups is 3. The predicted molar refractivity (Wildman–Crippen MR) is 269 cm³/mol. The van der Waals surface area contributed by atoms with E-state index < -0.39 is 24.3 Å². The third-order valence-corrected chi connectivity index (χ3v) is 10.3. The van der Waals surface area contributed by atoms with Gasteiger partial charge in [0.2, 0.25) is 0 Å². The first-order chi connectivity index (χ1) is 31.6. The van der Waals surface area contributed by atoms with Gasteiger partial charge in [0.1, 0.15) is 13.2 Å². The molecule has 0 heterocycles. The number of carboxylic acids is 1. The molecule has 9 heteroatoms. The standard InChI is InChI=1S/C56H93NO8/c1-6-8-10-12-14-16-18-20-22-24-26-27-29-31-33-35-37-39-41-43-45-47-54(59)65-52(51-64-56(55(60)61)62-49-48-57(3,4)5)50-63-53(58)46-44-42-40-38-36-34-32-30-28-25-23-21-19-17-15-13-11-9-7-2/h8-11,14-17,20-23,26-28,30,52,56H,6-7,12-13,18-19,24-25,29,31-51H2,1-5H3/b10-8-,11-9-,16-14-,17-15-,22-20-,23-21-,27-26-,30-28-. The second-order valence-electron chi connectivity index (χ2n) is 17.7. The zero-order valence-electron chi connectivity index (χ0n) is 41.8. The first-order valence-corrected chi connectivity index (χ1v) is 25.4. The average molecular weight is 908 g/mol. The molecule has 0 spiro atoms. The number of nitrogens with zero attached hydrogens (tertiary/aromatic N) is 1. The topological polar surface area (TPSA) is 111 Å². The lowest BCUT2D eigenvalue weighted by molar-refractivity contribution is -0.870. The first-order valence-electron chi connectivity index (χ1n) is 25.4. The maximum absolute atomic E-state index is 12.8. The van der Waals surface area contributed by atoms with Crippen molar-refractivity contribution in [2.75, 3.05) is 47.5 Å². The van der Waals surface area contributed by atoms with Crippen LogP contribution < -0.4 is 5.11 Å². The highest BCUT2D eigenvalue weighted by Gasteiger charge is 2.21. The quantitative estimate of drug-likeness (QED) is 0.0195. The number of hydrogen-bond acceptors (Lipinski definition) is 8. The third-order valence-electron chi connectivity index (χ3n) is 10.3. The number of allylic oxidation sites excluding steroid dienone is 16. The molecule has 0 radical (unpaired) electrons. The predicted octanol–water partition coefficient (Wildman–Crippen LogP) is 12.9. The van der Waals surface area contributed by atoms with Gasteiger partial charge in [-0.3, -0.25) is 9.59 Å². The van der Waals surface area contributed by atoms with Crippen molar-refractivity contribution >= 4 is 17.9 Å². The van der Waals surface area contributed by atoms with Crippen LogP contribution in [0, 0.1) is 0 Å². The number of aliphatic carboxylic acids is 1. The highest BCUT2D eigenvalue weighted by molar-refractivity contribution is 5.70. The van der Waals surface area contributed by atoms with Crippen LogP contribution in [0.25, 0.3) is 0 Å². The molecule has 0 fully saturated rings. The molecule has 65 heavy (non-hydrogen) atoms. The highest BCUT2D eigenvalue weighted by atomic mass is 16.7. The maximum atomic E-state index is 12.8. The van der Waals surface area contributed by atoms with E-state index in [-0.39, 0.29) is 38.6 Å². The molecule has 0 aromatic heterocycles. The Morgan fingerprint density at radius 1 is 0.462 bits per heavy atom. The molecule has 0 N–H and O–H groups in total. The molecule has 9 nitrogen and oxygen atoms in total. The van der Waals surface area contributed by atoms with E-state index in [1.165, 1.54) is 25.7 Å². The monoisotopic (exact) mass is 908 g/mol. The van der Waals surface area contributed by atoms with E-state index in [1.807, 2.05) is 21.1 Å². The molecule has 0 aliphatic carbocycles. The van der Waals surface area contributed by atoms with Crippen molar-refractivity contribution in [3.63, 3.8) is 0 Å². The summed E-state index contributed by atoms with van der Waals surface area (Å²) < 4.78 is 22.6. The zero-order chi connectivity index (χ0) is 47.7. The SMILES string of the molecule is CC/C=C\C/C=C\C/C=C\C/C=C\CCCCCCCCCCC(=O)OC(COC(=O)CCCCCCCC/C=C\C/C=C\C/C=C\C/C=C\CC)COC(OCC[N+](C)(C)C)C(=O)[O-]. The van der Waals surface area contributed by atoms with Gasteiger partial charge in [-0.1, -0.05) is 175 Å². The molecule has 0 aliphatic rings. The minimum atomic E-state index is -1.63. The lowest BCUT2D eigenvalue weighted by Crippen LogP contribution is -2.44. The highest BCUT2D eigenvalue weighted by Crippen LogP contribution is 2.14. The molecule has 0 aromatic carbocycles. The van der Waals surface area contributed by atoms with Crippen molar-refractivity contribution in [1.82, 2.24) is 0 Å². The summed E-state index contributed by atoms with van der Waals surface area (Å²) in [4.78, 5) is 37.2. The molecule has 0 saturated carbocycles. The summed E-state index contributed by atoms with van der Waals surface area (Å²) in [6.07, 6.45) is 58.6. The fourth-order valence-electron chi connectivity index (χ4n) is 6.46. The van der Waals surface area contributed by atoms with Crippen LogP contribution in [0.5, 0.6) is 0 Å². The number of ether oxygens (including phenoxy) is 4. The lowest BCUT2D eigenvalue weighted by atomic mass is 10.1. The molecule has 0 aromatic rings. The summed E-state index contributed by atoms with van der Waals surface area (Å²) >= 11 is 0. The molecule has 0 aliphatic heterocycles. The van der Waals surface area contributed by atoms with E-state index in [0.29, 0.717) is 17.4 Å². The normalized spacial score (nSPS) is 13.7. The number of unbranched alkanes of at least 4 members (excludes halogenated alkanes) is 14. The van der Waals surface area contributed by atoms with E-state index in [9.17, 15) is 19.5 Å². The number of quaternary nitrogens is 1. The summed E-state index contributed by atoms with van der Waals surface area (Å²) in [6.45, 7) is 4.47. The van der Waals surface area contributed by atoms with Crippen LogP contribution in [0.1, 0.15) is 181 Å². The second-order valence-corrected chi connectivity index (χ2v) is 17.7. The summed E-state index contributed by atoms with van der Waals surface area (Å²) in [5.74, 6) is -2.33. The van der Waals surface area contributed by atoms with Crippen molar-refractivity contribution in [2.45, 2.75) is 193 Å². The van der Waals surface area contributed by atoms with Crippen LogP contribution in [-0.4, -0.2) is 82.3 Å². The molecule has 2 unspecified atom stereocenters. The fraction of sp³-hybridized carbons (Fsp3) is 0.661. The van der Waals surface area contributed by atoms with Gasteiger partial charge < -0.3 is 33.3 Å². The Bertz CT molecular complexity index is 1380. The number of carboxylic acid groups (broad SMARTS) is 1. The van der Waals surface area contributed by atoms with Gasteiger partial charge in [0.25, 0.3) is 0 Å². The van der Waals surface area contributed by atoms with Crippen molar-refractivity contribution in [3.8, 4) is 0 Å². The van der Waals surface area contributed by atoms with Crippen LogP contribution in [0.3, 0.4) is 0 Å². The van der Waals surface area contributed by atoms with Gasteiger partial charge in [-0.25, -0.2) is 0 Å². The van der Waals surface area contributed by atoms with E-state index in [2.05, 4.69) is 111 Å². The van der Waals surface area contributed by atoms with E-state index >= 15 is 0 Å². The molecule has 2 atom stereocenters. The second kappa shape index (κ2) is 46.7. The molecular weight excluding hydrogens is 815 g/mol. The average Bonchev–Trinajstić information content (AvgIpc) is 3.27. The Kier molecular flexibility index (Phi) is 44.0. The van der Waals surface area contributed by atoms with Crippen LogP contribution in [0.2, 0.25) is 0 Å². The fourth-order valence-corrected chi connectivity index (χ4v) is 6.46. The molecule has 0 rings (SSSR count). The van der Waals surface area contributed by atoms with Crippen molar-refractivity contribution in [3.05, 3.63) is 97.2 Å². The minimum Gasteiger partial charge on any atom is -0.545 e. The Hall–Kier alpha value is -3.79. The number of rotatable bonds is 45. The van der Waals surface area contributed by atoms with Gasteiger partial charge in [-0.05, 0) is 89.9 Å². The van der Waals surface area contributed by atoms with Gasteiger partial charge in [0.15, 0.2) is 12.4 Å². The van der Waals surface area contributed by atoms with Crippen LogP contribution in [0.4, 0.5) is 0 Å². The zero-order valence-corrected chi connectivity index (χ0v) is 41.8. The lowest BCUT2D eigenvalue weighted by Gasteiger charge is -2.26. The Morgan fingerprint density at radius 2 is 0.831 bits per heavy atom. The molecule has 0 amide bonds. The van der Waals surface area contributed by atoms with Crippen molar-refractivity contribution in [2.24, 2.45) is 0 Å². The number of carbonyl (C=O) groups excluding carboxylic acids is 3. The number of hydrogen-bond donors (Lipinski definition) is 0. The summed E-state index contributed by atoms with van der Waals surface area (Å²) in [6, 6.07) is 0. The summed E-state index contributed by atoms with van der Waals surface area (Å²) in [5.41, 5.74) is 0. The smallest absolute Gasteiger partial charge is 0.306 e. The van der Waals surface area contributed by atoms with E-state index in [4.69, 9.17) is 18.9 Å². The van der Waals surface area contributed by atoms with Crippen LogP contribution >= 0.6 is 0 Å². The van der Waals surface area contributed by atoms with Crippen molar-refractivity contribution in [1.29, 1.82) is 0 Å². The van der Waals surface area contributed by atoms with Gasteiger partial charge >= 0.3 is 11.9 Å². The van der Waals surface area contributed by atoms with Gasteiger partial charge in [0.05, 0.1) is 40.3 Å². The Labute approximate surface area is 397 Å². The van der Waals surface area contributed by atoms with E-state index in [0.717, 1.165) is 122 Å². The molecule has 370 valence electrons. The molecule has 0 bridgehead atoms. The maximum Gasteiger partial charge on any atom is 0.306 e. The van der Waals surface area contributed by atoms with Gasteiger partial charge in [0, 0.05) is 12.8 Å². The largest absolute Gasteiger partial charge is 0.545 e. The van der Waals surface area contributed by atoms with E-state index in [1.54, 1.807) is 0 Å². The van der Waals surface area contributed by atoms with Crippen LogP contribution in [0.15, 0.2) is 97.2 Å². The minimum absolute atomic E-state index is 0.138. The Balaban J connectivity index is 4.41. The molecular formula is C56H93NO8. The van der Waals surface area contributed by atoms with Crippen LogP contribution in [-0.2, 0) is 33.3 Å². The van der Waals surface area contributed by atoms with Gasteiger partial charge in [-0.2, -0.15) is 0 Å². The number of esters is 2. The van der Waals surface area contributed by atoms with Crippen molar-refractivity contribution < 1.29 is 42.9 Å². The molecule has 0 saturated heterocycles. The summed E-state index contributed by atoms with van der Waals surface area (Å²) in [5, 5.41) is 11.7. The number of likely N-dealkylation sites (N-methyl/N-ethyl adjacent to an activating group) is 1. The first kappa shape index (κ1) is 61.2.